The predicted octanol–water partition coefficient (Wildman–Crippen LogP) is 6.43. The summed E-state index contributed by atoms with van der Waals surface area (Å²) in [5.74, 6) is 0. The largest absolute Gasteiger partial charge is 0.353 e. The highest BCUT2D eigenvalue weighted by atomic mass is 15.1. The third-order valence-electron chi connectivity index (χ3n) is 7.16. The second kappa shape index (κ2) is 8.73. The first-order chi connectivity index (χ1) is 17.8. The molecule has 0 amide bonds. The Morgan fingerprint density at radius 1 is 0.806 bits per heavy atom. The molecule has 176 valence electrons. The summed E-state index contributed by atoms with van der Waals surface area (Å²) >= 11 is 0. The number of hydrogen-bond donors (Lipinski definition) is 2. The van der Waals surface area contributed by atoms with Gasteiger partial charge in [-0.15, -0.1) is 0 Å². The molecule has 6 nitrogen and oxygen atoms in total. The molecular weight excluding hydrogens is 444 g/mol. The molecule has 0 bridgehead atoms. The summed E-state index contributed by atoms with van der Waals surface area (Å²) in [6, 6.07) is 23.2. The molecule has 0 atom stereocenters. The van der Waals surface area contributed by atoms with Crippen molar-refractivity contribution >= 4 is 21.8 Å². The van der Waals surface area contributed by atoms with E-state index >= 15 is 0 Å². The van der Waals surface area contributed by atoms with E-state index in [-0.39, 0.29) is 0 Å². The van der Waals surface area contributed by atoms with Crippen molar-refractivity contribution in [1.29, 1.82) is 0 Å². The van der Waals surface area contributed by atoms with Gasteiger partial charge in [0.2, 0.25) is 0 Å². The minimum absolute atomic E-state index is 0.913. The molecule has 1 aliphatic heterocycles. The van der Waals surface area contributed by atoms with Crippen LogP contribution < -0.4 is 0 Å². The standard InChI is InChI=1S/C30H26N6/c1-2-11-32-26(7-1)23-6-5-8-27-24(23)16-29(33-27)30-25-15-21(9-10-28(25)34-35-30)22-14-20(17-31-18-22)19-36-12-3-4-13-36/h1-2,5-11,14-18,33H,3-4,12-13,19H2,(H,34,35). The number of nitrogens with zero attached hydrogens (tertiary/aromatic N) is 4. The number of nitrogens with one attached hydrogen (secondary N) is 2. The van der Waals surface area contributed by atoms with Gasteiger partial charge in [-0.25, -0.2) is 0 Å². The van der Waals surface area contributed by atoms with Gasteiger partial charge in [-0.2, -0.15) is 5.10 Å². The summed E-state index contributed by atoms with van der Waals surface area (Å²) in [7, 11) is 0. The molecule has 2 N–H and O–H groups in total. The number of hydrogen-bond acceptors (Lipinski definition) is 4. The van der Waals surface area contributed by atoms with E-state index in [9.17, 15) is 0 Å². The molecule has 5 heterocycles. The highest BCUT2D eigenvalue weighted by molar-refractivity contribution is 6.01. The molecule has 1 fully saturated rings. The van der Waals surface area contributed by atoms with Crippen LogP contribution in [0.5, 0.6) is 0 Å². The molecule has 36 heavy (non-hydrogen) atoms. The van der Waals surface area contributed by atoms with Gasteiger partial charge in [0.25, 0.3) is 0 Å². The quantitative estimate of drug-likeness (QED) is 0.304. The van der Waals surface area contributed by atoms with Gasteiger partial charge < -0.3 is 4.98 Å². The van der Waals surface area contributed by atoms with E-state index in [0.29, 0.717) is 0 Å². The Kier molecular flexibility index (Phi) is 5.10. The maximum Gasteiger partial charge on any atom is 0.116 e. The first-order valence-corrected chi connectivity index (χ1v) is 12.5. The molecule has 1 saturated heterocycles. The van der Waals surface area contributed by atoms with E-state index in [4.69, 9.17) is 0 Å². The third-order valence-corrected chi connectivity index (χ3v) is 7.16. The van der Waals surface area contributed by atoms with Crippen LogP contribution in [-0.2, 0) is 6.54 Å². The zero-order valence-corrected chi connectivity index (χ0v) is 19.9. The van der Waals surface area contributed by atoms with E-state index in [1.165, 1.54) is 31.5 Å². The number of fused-ring (bicyclic) bond motifs is 2. The summed E-state index contributed by atoms with van der Waals surface area (Å²) in [6.45, 7) is 3.33. The van der Waals surface area contributed by atoms with Crippen LogP contribution in [0.15, 0.2) is 85.3 Å². The molecule has 0 unspecified atom stereocenters. The van der Waals surface area contributed by atoms with Crippen molar-refractivity contribution in [1.82, 2.24) is 30.0 Å². The molecule has 2 aromatic carbocycles. The Morgan fingerprint density at radius 2 is 1.75 bits per heavy atom. The highest BCUT2D eigenvalue weighted by Crippen LogP contribution is 2.35. The SMILES string of the molecule is c1ccc(-c2cccc3[nH]c(-c4n[nH]c5ccc(-c6cncc(CN7CCCC7)c6)cc45)cc23)nc1. The van der Waals surface area contributed by atoms with Crippen molar-refractivity contribution in [3.8, 4) is 33.8 Å². The molecule has 0 aliphatic carbocycles. The number of H-pyrrole nitrogens is 2. The fraction of sp³-hybridized carbons (Fsp3) is 0.167. The van der Waals surface area contributed by atoms with Crippen LogP contribution in [0.2, 0.25) is 0 Å². The lowest BCUT2D eigenvalue weighted by Gasteiger charge is -2.14. The number of benzene rings is 2. The van der Waals surface area contributed by atoms with Crippen LogP contribution in [0.3, 0.4) is 0 Å². The average molecular weight is 471 g/mol. The molecule has 0 spiro atoms. The average Bonchev–Trinajstić information content (AvgIpc) is 3.68. The lowest BCUT2D eigenvalue weighted by atomic mass is 10.0. The highest BCUT2D eigenvalue weighted by Gasteiger charge is 2.16. The van der Waals surface area contributed by atoms with Crippen LogP contribution in [0.4, 0.5) is 0 Å². The molecule has 1 aliphatic rings. The van der Waals surface area contributed by atoms with Gasteiger partial charge >= 0.3 is 0 Å². The lowest BCUT2D eigenvalue weighted by molar-refractivity contribution is 0.331. The molecule has 6 aromatic rings. The molecule has 0 radical (unpaired) electrons. The smallest absolute Gasteiger partial charge is 0.116 e. The van der Waals surface area contributed by atoms with E-state index < -0.39 is 0 Å². The van der Waals surface area contributed by atoms with Gasteiger partial charge in [0.15, 0.2) is 0 Å². The normalized spacial score (nSPS) is 14.2. The van der Waals surface area contributed by atoms with E-state index in [1.54, 1.807) is 0 Å². The number of rotatable bonds is 5. The zero-order valence-electron chi connectivity index (χ0n) is 19.9. The minimum atomic E-state index is 0.913. The summed E-state index contributed by atoms with van der Waals surface area (Å²) in [6.07, 6.45) is 8.37. The van der Waals surface area contributed by atoms with Crippen LogP contribution in [-0.4, -0.2) is 43.1 Å². The zero-order chi connectivity index (χ0) is 23.9. The lowest BCUT2D eigenvalue weighted by Crippen LogP contribution is -2.18. The number of pyridine rings is 2. The van der Waals surface area contributed by atoms with Gasteiger partial charge in [0.1, 0.15) is 5.69 Å². The second-order valence-electron chi connectivity index (χ2n) is 9.56. The monoisotopic (exact) mass is 470 g/mol. The van der Waals surface area contributed by atoms with Crippen LogP contribution in [0, 0.1) is 0 Å². The van der Waals surface area contributed by atoms with Crippen LogP contribution >= 0.6 is 0 Å². The van der Waals surface area contributed by atoms with Crippen molar-refractivity contribution < 1.29 is 0 Å². The third kappa shape index (κ3) is 3.76. The Labute approximate surface area is 209 Å². The maximum atomic E-state index is 4.69. The van der Waals surface area contributed by atoms with E-state index in [2.05, 4.69) is 78.6 Å². The van der Waals surface area contributed by atoms with Crippen molar-refractivity contribution in [2.75, 3.05) is 13.1 Å². The van der Waals surface area contributed by atoms with Crippen molar-refractivity contribution in [2.45, 2.75) is 19.4 Å². The predicted molar refractivity (Wildman–Crippen MR) is 144 cm³/mol. The maximum absolute atomic E-state index is 4.69. The summed E-state index contributed by atoms with van der Waals surface area (Å²) in [5.41, 5.74) is 9.59. The number of aromatic amines is 2. The van der Waals surface area contributed by atoms with Gasteiger partial charge in [0.05, 0.1) is 16.9 Å². The number of likely N-dealkylation sites (tertiary alicyclic amines) is 1. The topological polar surface area (TPSA) is 73.5 Å². The van der Waals surface area contributed by atoms with Gasteiger partial charge in [0, 0.05) is 52.6 Å². The second-order valence-corrected chi connectivity index (χ2v) is 9.56. The van der Waals surface area contributed by atoms with Crippen LogP contribution in [0.1, 0.15) is 18.4 Å². The summed E-state index contributed by atoms with van der Waals surface area (Å²) in [4.78, 5) is 15.2. The molecule has 7 rings (SSSR count). The van der Waals surface area contributed by atoms with Gasteiger partial charge in [-0.3, -0.25) is 20.0 Å². The Morgan fingerprint density at radius 3 is 2.64 bits per heavy atom. The number of aromatic nitrogens is 5. The summed E-state index contributed by atoms with van der Waals surface area (Å²) < 4.78 is 0. The van der Waals surface area contributed by atoms with Crippen molar-refractivity contribution in [3.63, 3.8) is 0 Å². The minimum Gasteiger partial charge on any atom is -0.353 e. The Balaban J connectivity index is 1.28. The Hall–Kier alpha value is -4.29. The van der Waals surface area contributed by atoms with Crippen molar-refractivity contribution in [2.24, 2.45) is 0 Å². The molecular formula is C30H26N6. The van der Waals surface area contributed by atoms with E-state index in [1.807, 2.05) is 36.8 Å². The fourth-order valence-electron chi connectivity index (χ4n) is 5.36. The molecule has 0 saturated carbocycles. The van der Waals surface area contributed by atoms with Gasteiger partial charge in [-0.05, 0) is 79.5 Å². The first kappa shape index (κ1) is 21.0. The van der Waals surface area contributed by atoms with Crippen LogP contribution in [0.25, 0.3) is 55.6 Å². The summed E-state index contributed by atoms with van der Waals surface area (Å²) in [5, 5.41) is 10.1. The molecule has 6 heteroatoms. The molecule has 4 aromatic heterocycles. The first-order valence-electron chi connectivity index (χ1n) is 12.5. The Bertz CT molecular complexity index is 1670. The van der Waals surface area contributed by atoms with Gasteiger partial charge in [-0.1, -0.05) is 24.3 Å². The fourth-order valence-corrected chi connectivity index (χ4v) is 5.36. The van der Waals surface area contributed by atoms with E-state index in [0.717, 1.165) is 62.1 Å². The van der Waals surface area contributed by atoms with Crippen molar-refractivity contribution in [3.05, 3.63) is 90.9 Å².